The van der Waals surface area contributed by atoms with Crippen LogP contribution in [0.1, 0.15) is 41.0 Å². The number of rotatable bonds is 8. The van der Waals surface area contributed by atoms with E-state index in [2.05, 4.69) is 22.9 Å². The van der Waals surface area contributed by atoms with Crippen molar-refractivity contribution in [2.45, 2.75) is 30.6 Å². The number of sulfonamides is 1. The van der Waals surface area contributed by atoms with Gasteiger partial charge in [-0.3, -0.25) is 0 Å². The Morgan fingerprint density at radius 2 is 1.52 bits per heavy atom. The molecule has 148 valence electrons. The van der Waals surface area contributed by atoms with Gasteiger partial charge >= 0.3 is 0 Å². The molecule has 3 aromatic carbocycles. The van der Waals surface area contributed by atoms with Crippen LogP contribution in [0.3, 0.4) is 0 Å². The summed E-state index contributed by atoms with van der Waals surface area (Å²) >= 11 is 0. The molecular formula is C24H24N2O2S. The average Bonchev–Trinajstić information content (AvgIpc) is 2.75. The fourth-order valence-corrected chi connectivity index (χ4v) is 4.39. The second-order valence-corrected chi connectivity index (χ2v) is 8.82. The van der Waals surface area contributed by atoms with Gasteiger partial charge in [0.25, 0.3) is 0 Å². The molecule has 4 nitrogen and oxygen atoms in total. The van der Waals surface area contributed by atoms with Crippen molar-refractivity contribution in [1.82, 2.24) is 4.72 Å². The zero-order chi connectivity index (χ0) is 20.7. The number of nitrogens with zero attached hydrogens (tertiary/aromatic N) is 1. The fraction of sp³-hybridized carbons (Fsp3) is 0.208. The molecule has 1 N–H and O–H groups in total. The molecule has 3 rings (SSSR count). The summed E-state index contributed by atoms with van der Waals surface area (Å²) in [6.45, 7) is 2.30. The van der Waals surface area contributed by atoms with Crippen LogP contribution in [-0.2, 0) is 10.0 Å². The third kappa shape index (κ3) is 5.54. The number of nitrogens with one attached hydrogen (secondary N) is 1. The van der Waals surface area contributed by atoms with Gasteiger partial charge in [-0.15, -0.1) is 0 Å². The highest BCUT2D eigenvalue weighted by Crippen LogP contribution is 2.29. The molecule has 0 saturated heterocycles. The summed E-state index contributed by atoms with van der Waals surface area (Å²) in [5.41, 5.74) is 3.96. The van der Waals surface area contributed by atoms with E-state index in [1.54, 1.807) is 24.3 Å². The Labute approximate surface area is 172 Å². The second kappa shape index (κ2) is 9.51. The minimum Gasteiger partial charge on any atom is -0.211 e. The first-order chi connectivity index (χ1) is 14.0. The van der Waals surface area contributed by atoms with E-state index in [4.69, 9.17) is 5.26 Å². The van der Waals surface area contributed by atoms with E-state index in [0.717, 1.165) is 17.5 Å². The number of benzene rings is 3. The van der Waals surface area contributed by atoms with Crippen LogP contribution < -0.4 is 4.72 Å². The molecule has 0 radical (unpaired) electrons. The van der Waals surface area contributed by atoms with Gasteiger partial charge in [0.05, 0.1) is 16.5 Å². The van der Waals surface area contributed by atoms with Crippen molar-refractivity contribution in [3.63, 3.8) is 0 Å². The predicted molar refractivity (Wildman–Crippen MR) is 115 cm³/mol. The molecule has 3 aromatic rings. The maximum Gasteiger partial charge on any atom is 0.240 e. The molecule has 0 bridgehead atoms. The van der Waals surface area contributed by atoms with Gasteiger partial charge < -0.3 is 0 Å². The van der Waals surface area contributed by atoms with Crippen LogP contribution in [0, 0.1) is 18.3 Å². The van der Waals surface area contributed by atoms with Crippen LogP contribution in [-0.4, -0.2) is 15.0 Å². The van der Waals surface area contributed by atoms with E-state index >= 15 is 0 Å². The predicted octanol–water partition coefficient (Wildman–Crippen LogP) is 4.76. The highest BCUT2D eigenvalue weighted by atomic mass is 32.2. The maximum absolute atomic E-state index is 12.5. The van der Waals surface area contributed by atoms with E-state index in [0.29, 0.717) is 18.5 Å². The monoisotopic (exact) mass is 404 g/mol. The molecule has 1 atom stereocenters. The molecule has 0 aliphatic carbocycles. The highest BCUT2D eigenvalue weighted by molar-refractivity contribution is 7.89. The summed E-state index contributed by atoms with van der Waals surface area (Å²) < 4.78 is 27.6. The van der Waals surface area contributed by atoms with Gasteiger partial charge in [-0.1, -0.05) is 60.2 Å². The zero-order valence-corrected chi connectivity index (χ0v) is 17.2. The van der Waals surface area contributed by atoms with E-state index in [1.165, 1.54) is 5.56 Å². The lowest BCUT2D eigenvalue weighted by atomic mass is 9.87. The summed E-state index contributed by atoms with van der Waals surface area (Å²) in [6.07, 6.45) is 1.50. The number of hydrogen-bond acceptors (Lipinski definition) is 3. The van der Waals surface area contributed by atoms with Gasteiger partial charge in [0.1, 0.15) is 0 Å². The molecule has 0 fully saturated rings. The van der Waals surface area contributed by atoms with E-state index in [1.807, 2.05) is 49.4 Å². The Kier molecular flexibility index (Phi) is 6.82. The number of aryl methyl sites for hydroxylation is 1. The number of hydrogen-bond donors (Lipinski definition) is 1. The molecule has 1 unspecified atom stereocenters. The van der Waals surface area contributed by atoms with Gasteiger partial charge in [-0.25, -0.2) is 13.1 Å². The van der Waals surface area contributed by atoms with Gasteiger partial charge in [-0.05, 0) is 55.2 Å². The summed E-state index contributed by atoms with van der Waals surface area (Å²) in [6, 6.07) is 26.8. The average molecular weight is 405 g/mol. The van der Waals surface area contributed by atoms with Gasteiger partial charge in [0.15, 0.2) is 0 Å². The third-order valence-electron chi connectivity index (χ3n) is 4.94. The van der Waals surface area contributed by atoms with Crippen LogP contribution in [0.2, 0.25) is 0 Å². The molecule has 5 heteroatoms. The van der Waals surface area contributed by atoms with Gasteiger partial charge in [0.2, 0.25) is 10.0 Å². The molecule has 0 amide bonds. The van der Waals surface area contributed by atoms with Crippen LogP contribution in [0.25, 0.3) is 0 Å². The fourth-order valence-electron chi connectivity index (χ4n) is 3.31. The lowest BCUT2D eigenvalue weighted by Gasteiger charge is -2.18. The van der Waals surface area contributed by atoms with Crippen molar-refractivity contribution < 1.29 is 8.42 Å². The Morgan fingerprint density at radius 1 is 0.897 bits per heavy atom. The van der Waals surface area contributed by atoms with Crippen molar-refractivity contribution in [3.8, 4) is 6.07 Å². The summed E-state index contributed by atoms with van der Waals surface area (Å²) in [5, 5.41) is 9.03. The quantitative estimate of drug-likeness (QED) is 0.551. The summed E-state index contributed by atoms with van der Waals surface area (Å²) in [7, 11) is -3.50. The molecular weight excluding hydrogens is 380 g/mol. The summed E-state index contributed by atoms with van der Waals surface area (Å²) in [5.74, 6) is 0.146. The Balaban J connectivity index is 1.67. The Hall–Kier alpha value is -2.94. The third-order valence-corrected chi connectivity index (χ3v) is 6.41. The Morgan fingerprint density at radius 3 is 2.14 bits per heavy atom. The number of nitriles is 1. The van der Waals surface area contributed by atoms with Crippen molar-refractivity contribution in [1.29, 1.82) is 5.26 Å². The maximum atomic E-state index is 12.5. The van der Waals surface area contributed by atoms with Gasteiger partial charge in [-0.2, -0.15) is 5.26 Å². The van der Waals surface area contributed by atoms with Crippen LogP contribution in [0.5, 0.6) is 0 Å². The first kappa shape index (κ1) is 20.8. The normalized spacial score (nSPS) is 12.3. The van der Waals surface area contributed by atoms with Crippen LogP contribution >= 0.6 is 0 Å². The van der Waals surface area contributed by atoms with Crippen molar-refractivity contribution in [2.75, 3.05) is 6.54 Å². The second-order valence-electron chi connectivity index (χ2n) is 7.05. The zero-order valence-electron chi connectivity index (χ0n) is 16.4. The van der Waals surface area contributed by atoms with Gasteiger partial charge in [0, 0.05) is 12.5 Å². The molecule has 0 saturated carbocycles. The van der Waals surface area contributed by atoms with Crippen molar-refractivity contribution in [2.24, 2.45) is 0 Å². The lowest BCUT2D eigenvalue weighted by Crippen LogP contribution is -2.25. The molecule has 29 heavy (non-hydrogen) atoms. The van der Waals surface area contributed by atoms with E-state index in [9.17, 15) is 8.42 Å². The highest BCUT2D eigenvalue weighted by Gasteiger charge is 2.16. The first-order valence-corrected chi connectivity index (χ1v) is 11.1. The molecule has 0 aliphatic rings. The van der Waals surface area contributed by atoms with Crippen LogP contribution in [0.15, 0.2) is 83.8 Å². The van der Waals surface area contributed by atoms with Crippen molar-refractivity contribution >= 4 is 10.0 Å². The first-order valence-electron chi connectivity index (χ1n) is 9.61. The lowest BCUT2D eigenvalue weighted by molar-refractivity contribution is 0.572. The SMILES string of the molecule is Cc1ccc(S(=O)(=O)NCCCC(c2ccccc2)c2ccc(C#N)cc2)cc1. The molecule has 0 spiro atoms. The van der Waals surface area contributed by atoms with Crippen molar-refractivity contribution in [3.05, 3.63) is 101 Å². The minimum atomic E-state index is -3.50. The Bertz CT molecular complexity index is 1070. The molecule has 0 aromatic heterocycles. The standard InChI is InChI=1S/C24H24N2O2S/c1-19-9-15-23(16-10-19)29(27,28)26-17-5-8-24(21-6-3-2-4-7-21)22-13-11-20(18-25)12-14-22/h2-4,6-7,9-16,24,26H,5,8,17H2,1H3. The largest absolute Gasteiger partial charge is 0.240 e. The topological polar surface area (TPSA) is 70.0 Å². The molecule has 0 aliphatic heterocycles. The van der Waals surface area contributed by atoms with Crippen LogP contribution in [0.4, 0.5) is 0 Å². The molecule has 0 heterocycles. The summed E-state index contributed by atoms with van der Waals surface area (Å²) in [4.78, 5) is 0.287. The smallest absolute Gasteiger partial charge is 0.211 e. The van der Waals surface area contributed by atoms with E-state index in [-0.39, 0.29) is 10.8 Å². The minimum absolute atomic E-state index is 0.146. The van der Waals surface area contributed by atoms with E-state index < -0.39 is 10.0 Å².